The fraction of sp³-hybridized carbons (Fsp3) is 0.733. The maximum absolute atomic E-state index is 3.78. The van der Waals surface area contributed by atoms with Gasteiger partial charge in [-0.1, -0.05) is 13.0 Å². The van der Waals surface area contributed by atoms with Crippen molar-refractivity contribution in [3.8, 4) is 0 Å². The fourth-order valence-corrected chi connectivity index (χ4v) is 3.68. The van der Waals surface area contributed by atoms with Crippen molar-refractivity contribution in [2.24, 2.45) is 5.92 Å². The molecular formula is C15H26N2S. The Morgan fingerprint density at radius 1 is 1.50 bits per heavy atom. The molecule has 0 radical (unpaired) electrons. The third-order valence-corrected chi connectivity index (χ3v) is 5.23. The molecule has 3 atom stereocenters. The zero-order valence-corrected chi connectivity index (χ0v) is 12.7. The number of hydrogen-bond acceptors (Lipinski definition) is 3. The second-order valence-electron chi connectivity index (χ2n) is 5.49. The van der Waals surface area contributed by atoms with Crippen LogP contribution < -0.4 is 5.32 Å². The van der Waals surface area contributed by atoms with Crippen molar-refractivity contribution in [3.05, 3.63) is 22.4 Å². The van der Waals surface area contributed by atoms with E-state index in [2.05, 4.69) is 48.5 Å². The molecule has 3 heteroatoms. The Morgan fingerprint density at radius 3 is 3.00 bits per heavy atom. The first kappa shape index (κ1) is 14.0. The molecule has 1 aromatic heterocycles. The first-order valence-electron chi connectivity index (χ1n) is 7.22. The molecule has 0 saturated carbocycles. The fourth-order valence-electron chi connectivity index (χ4n) is 2.94. The van der Waals surface area contributed by atoms with Gasteiger partial charge in [-0.2, -0.15) is 0 Å². The van der Waals surface area contributed by atoms with E-state index in [1.807, 2.05) is 11.3 Å². The summed E-state index contributed by atoms with van der Waals surface area (Å²) in [4.78, 5) is 4.03. The van der Waals surface area contributed by atoms with Crippen molar-refractivity contribution >= 4 is 11.3 Å². The Kier molecular flexibility index (Phi) is 5.22. The molecule has 18 heavy (non-hydrogen) atoms. The van der Waals surface area contributed by atoms with E-state index in [-0.39, 0.29) is 0 Å². The zero-order chi connectivity index (χ0) is 13.0. The van der Waals surface area contributed by atoms with Crippen LogP contribution in [0.5, 0.6) is 0 Å². The maximum atomic E-state index is 3.78. The van der Waals surface area contributed by atoms with Gasteiger partial charge < -0.3 is 10.2 Å². The average Bonchev–Trinajstić information content (AvgIpc) is 2.92. The normalized spacial score (nSPS) is 24.9. The monoisotopic (exact) mass is 266 g/mol. The molecule has 1 aliphatic heterocycles. The Bertz CT molecular complexity index is 336. The number of piperidine rings is 1. The van der Waals surface area contributed by atoms with Gasteiger partial charge in [0.2, 0.25) is 0 Å². The summed E-state index contributed by atoms with van der Waals surface area (Å²) >= 11 is 1.85. The highest BCUT2D eigenvalue weighted by molar-refractivity contribution is 7.10. The Hall–Kier alpha value is -0.380. The van der Waals surface area contributed by atoms with Crippen LogP contribution in [0.4, 0.5) is 0 Å². The third-order valence-electron chi connectivity index (χ3n) is 4.18. The number of hydrogen-bond donors (Lipinski definition) is 1. The summed E-state index contributed by atoms with van der Waals surface area (Å²) in [5.41, 5.74) is 0. The number of nitrogens with zero attached hydrogens (tertiary/aromatic N) is 1. The second kappa shape index (κ2) is 6.69. The van der Waals surface area contributed by atoms with Crippen LogP contribution in [0.1, 0.15) is 44.5 Å². The highest BCUT2D eigenvalue weighted by Gasteiger charge is 2.24. The lowest BCUT2D eigenvalue weighted by atomic mass is 9.91. The number of nitrogens with one attached hydrogen (secondary N) is 1. The van der Waals surface area contributed by atoms with Crippen molar-refractivity contribution in [1.29, 1.82) is 0 Å². The summed E-state index contributed by atoms with van der Waals surface area (Å²) in [5.74, 6) is 0.807. The van der Waals surface area contributed by atoms with Crippen molar-refractivity contribution < 1.29 is 0 Å². The van der Waals surface area contributed by atoms with Crippen LogP contribution >= 0.6 is 11.3 Å². The molecule has 2 heterocycles. The average molecular weight is 266 g/mol. The van der Waals surface area contributed by atoms with E-state index in [1.54, 1.807) is 0 Å². The Labute approximate surface area is 115 Å². The summed E-state index contributed by atoms with van der Waals surface area (Å²) in [6, 6.07) is 5.46. The SMILES string of the molecule is CCN1CCCC(C(C)N[C@@H](C)c2cccs2)C1. The van der Waals surface area contributed by atoms with Gasteiger partial charge in [0.15, 0.2) is 0 Å². The molecule has 0 bridgehead atoms. The smallest absolute Gasteiger partial charge is 0.0388 e. The lowest BCUT2D eigenvalue weighted by Crippen LogP contribution is -2.44. The molecule has 1 aliphatic rings. The van der Waals surface area contributed by atoms with Gasteiger partial charge in [-0.25, -0.2) is 0 Å². The van der Waals surface area contributed by atoms with E-state index in [0.717, 1.165) is 5.92 Å². The summed E-state index contributed by atoms with van der Waals surface area (Å²) in [5, 5.41) is 5.94. The minimum atomic E-state index is 0.483. The summed E-state index contributed by atoms with van der Waals surface area (Å²) in [6.45, 7) is 10.7. The van der Waals surface area contributed by atoms with E-state index in [1.165, 1.54) is 37.4 Å². The topological polar surface area (TPSA) is 15.3 Å². The standard InChI is InChI=1S/C15H26N2S/c1-4-17-9-5-7-14(11-17)12(2)16-13(3)15-8-6-10-18-15/h6,8,10,12-14,16H,4-5,7,9,11H2,1-3H3/t12?,13-,14?/m0/s1. The predicted molar refractivity (Wildman–Crippen MR) is 80.2 cm³/mol. The zero-order valence-electron chi connectivity index (χ0n) is 11.9. The molecule has 0 amide bonds. The molecule has 0 aromatic carbocycles. The predicted octanol–water partition coefficient (Wildman–Crippen LogP) is 3.52. The van der Waals surface area contributed by atoms with Crippen LogP contribution in [0.3, 0.4) is 0 Å². The summed E-state index contributed by atoms with van der Waals surface area (Å²) in [7, 11) is 0. The van der Waals surface area contributed by atoms with E-state index >= 15 is 0 Å². The molecule has 2 nitrogen and oxygen atoms in total. The van der Waals surface area contributed by atoms with Crippen molar-refractivity contribution in [2.75, 3.05) is 19.6 Å². The molecule has 0 aliphatic carbocycles. The quantitative estimate of drug-likeness (QED) is 0.877. The van der Waals surface area contributed by atoms with Gasteiger partial charge in [-0.05, 0) is 57.1 Å². The van der Waals surface area contributed by atoms with Crippen molar-refractivity contribution in [3.63, 3.8) is 0 Å². The van der Waals surface area contributed by atoms with Gasteiger partial charge in [0.25, 0.3) is 0 Å². The van der Waals surface area contributed by atoms with Crippen LogP contribution in [0.25, 0.3) is 0 Å². The van der Waals surface area contributed by atoms with Gasteiger partial charge in [0.05, 0.1) is 0 Å². The molecular weight excluding hydrogens is 240 g/mol. The second-order valence-corrected chi connectivity index (χ2v) is 6.47. The van der Waals surface area contributed by atoms with Crippen LogP contribution in [0, 0.1) is 5.92 Å². The number of rotatable bonds is 5. The van der Waals surface area contributed by atoms with Gasteiger partial charge in [0.1, 0.15) is 0 Å². The third kappa shape index (κ3) is 3.56. The van der Waals surface area contributed by atoms with Crippen molar-refractivity contribution in [2.45, 2.75) is 45.7 Å². The van der Waals surface area contributed by atoms with E-state index in [9.17, 15) is 0 Å². The molecule has 1 aromatic rings. The van der Waals surface area contributed by atoms with Crippen LogP contribution in [0.2, 0.25) is 0 Å². The van der Waals surface area contributed by atoms with Gasteiger partial charge in [-0.15, -0.1) is 11.3 Å². The largest absolute Gasteiger partial charge is 0.307 e. The minimum Gasteiger partial charge on any atom is -0.307 e. The summed E-state index contributed by atoms with van der Waals surface area (Å²) < 4.78 is 0. The van der Waals surface area contributed by atoms with E-state index in [4.69, 9.17) is 0 Å². The van der Waals surface area contributed by atoms with Crippen LogP contribution in [-0.4, -0.2) is 30.6 Å². The lowest BCUT2D eigenvalue weighted by molar-refractivity contribution is 0.153. The van der Waals surface area contributed by atoms with Crippen molar-refractivity contribution in [1.82, 2.24) is 10.2 Å². The van der Waals surface area contributed by atoms with Crippen LogP contribution in [-0.2, 0) is 0 Å². The Balaban J connectivity index is 1.85. The molecule has 102 valence electrons. The van der Waals surface area contributed by atoms with Gasteiger partial charge >= 0.3 is 0 Å². The molecule has 1 fully saturated rings. The first-order valence-corrected chi connectivity index (χ1v) is 8.10. The van der Waals surface area contributed by atoms with E-state index in [0.29, 0.717) is 12.1 Å². The highest BCUT2D eigenvalue weighted by Crippen LogP contribution is 2.23. The number of thiophene rings is 1. The highest BCUT2D eigenvalue weighted by atomic mass is 32.1. The Morgan fingerprint density at radius 2 is 2.33 bits per heavy atom. The summed E-state index contributed by atoms with van der Waals surface area (Å²) in [6.07, 6.45) is 2.74. The molecule has 1 N–H and O–H groups in total. The minimum absolute atomic E-state index is 0.483. The maximum Gasteiger partial charge on any atom is 0.0388 e. The molecule has 1 saturated heterocycles. The first-order chi connectivity index (χ1) is 8.70. The lowest BCUT2D eigenvalue weighted by Gasteiger charge is -2.36. The van der Waals surface area contributed by atoms with Crippen LogP contribution in [0.15, 0.2) is 17.5 Å². The molecule has 2 rings (SSSR count). The van der Waals surface area contributed by atoms with Gasteiger partial charge in [0, 0.05) is 23.5 Å². The van der Waals surface area contributed by atoms with E-state index < -0.39 is 0 Å². The number of likely N-dealkylation sites (tertiary alicyclic amines) is 1. The molecule has 0 spiro atoms. The molecule has 2 unspecified atom stereocenters. The van der Waals surface area contributed by atoms with Gasteiger partial charge in [-0.3, -0.25) is 0 Å².